The zero-order valence-corrected chi connectivity index (χ0v) is 19.1. The summed E-state index contributed by atoms with van der Waals surface area (Å²) in [5.41, 5.74) is 2.86. The van der Waals surface area contributed by atoms with Crippen LogP contribution in [0.2, 0.25) is 0 Å². The Morgan fingerprint density at radius 3 is 2.28 bits per heavy atom. The SMILES string of the molecule is COc1ccc(C(=O)Nc2ccc(N3CCCCC3)c(C(=O)N3CCC(C)CC3)c2)cc1. The summed E-state index contributed by atoms with van der Waals surface area (Å²) < 4.78 is 5.17. The lowest BCUT2D eigenvalue weighted by Gasteiger charge is -2.34. The van der Waals surface area contributed by atoms with Gasteiger partial charge in [0.15, 0.2) is 0 Å². The molecular weight excluding hydrogens is 402 g/mol. The van der Waals surface area contributed by atoms with Gasteiger partial charge in [0, 0.05) is 43.1 Å². The molecule has 0 radical (unpaired) electrons. The highest BCUT2D eigenvalue weighted by Crippen LogP contribution is 2.30. The first-order chi connectivity index (χ1) is 15.5. The van der Waals surface area contributed by atoms with Gasteiger partial charge in [-0.1, -0.05) is 6.92 Å². The molecule has 0 aromatic heterocycles. The summed E-state index contributed by atoms with van der Waals surface area (Å²) in [6.07, 6.45) is 5.60. The molecule has 2 fully saturated rings. The van der Waals surface area contributed by atoms with E-state index in [1.807, 2.05) is 23.1 Å². The maximum atomic E-state index is 13.5. The van der Waals surface area contributed by atoms with Crippen molar-refractivity contribution in [1.29, 1.82) is 0 Å². The van der Waals surface area contributed by atoms with Gasteiger partial charge in [-0.15, -0.1) is 0 Å². The molecule has 32 heavy (non-hydrogen) atoms. The third kappa shape index (κ3) is 5.06. The maximum Gasteiger partial charge on any atom is 0.256 e. The predicted molar refractivity (Wildman–Crippen MR) is 128 cm³/mol. The van der Waals surface area contributed by atoms with Crippen LogP contribution >= 0.6 is 0 Å². The molecule has 2 aromatic carbocycles. The van der Waals surface area contributed by atoms with Crippen LogP contribution in [0.1, 0.15) is 59.7 Å². The highest BCUT2D eigenvalue weighted by Gasteiger charge is 2.26. The lowest BCUT2D eigenvalue weighted by Crippen LogP contribution is -2.39. The van der Waals surface area contributed by atoms with Crippen LogP contribution in [0.25, 0.3) is 0 Å². The molecule has 2 aromatic rings. The van der Waals surface area contributed by atoms with Gasteiger partial charge >= 0.3 is 0 Å². The van der Waals surface area contributed by atoms with Crippen molar-refractivity contribution in [2.24, 2.45) is 5.92 Å². The topological polar surface area (TPSA) is 61.9 Å². The second-order valence-corrected chi connectivity index (χ2v) is 8.94. The van der Waals surface area contributed by atoms with Gasteiger partial charge in [-0.3, -0.25) is 9.59 Å². The minimum atomic E-state index is -0.205. The number of carbonyl (C=O) groups is 2. The standard InChI is InChI=1S/C26H33N3O3/c1-19-12-16-29(17-13-19)26(31)23-18-21(8-11-24(23)28-14-4-3-5-15-28)27-25(30)20-6-9-22(32-2)10-7-20/h6-11,18-19H,3-5,12-17H2,1-2H3,(H,27,30). The molecule has 0 aliphatic carbocycles. The molecule has 2 amide bonds. The van der Waals surface area contributed by atoms with Gasteiger partial charge in [-0.25, -0.2) is 0 Å². The summed E-state index contributed by atoms with van der Waals surface area (Å²) in [4.78, 5) is 30.6. The zero-order valence-electron chi connectivity index (χ0n) is 19.1. The van der Waals surface area contributed by atoms with Crippen LogP contribution in [-0.2, 0) is 0 Å². The molecule has 0 saturated carbocycles. The zero-order chi connectivity index (χ0) is 22.5. The summed E-state index contributed by atoms with van der Waals surface area (Å²) in [6.45, 7) is 5.77. The van der Waals surface area contributed by atoms with Crippen molar-refractivity contribution in [3.05, 3.63) is 53.6 Å². The molecule has 2 aliphatic rings. The van der Waals surface area contributed by atoms with Crippen LogP contribution in [0, 0.1) is 5.92 Å². The number of nitrogens with one attached hydrogen (secondary N) is 1. The smallest absolute Gasteiger partial charge is 0.256 e. The van der Waals surface area contributed by atoms with E-state index in [1.54, 1.807) is 31.4 Å². The third-order valence-electron chi connectivity index (χ3n) is 6.60. The van der Waals surface area contributed by atoms with Gasteiger partial charge in [-0.2, -0.15) is 0 Å². The Balaban J connectivity index is 1.58. The molecule has 2 aliphatic heterocycles. The van der Waals surface area contributed by atoms with E-state index in [1.165, 1.54) is 6.42 Å². The average Bonchev–Trinajstić information content (AvgIpc) is 2.84. The fourth-order valence-electron chi connectivity index (χ4n) is 4.52. The molecule has 0 bridgehead atoms. The highest BCUT2D eigenvalue weighted by molar-refractivity contribution is 6.06. The molecule has 2 saturated heterocycles. The number of likely N-dealkylation sites (tertiary alicyclic amines) is 1. The molecule has 0 spiro atoms. The number of ether oxygens (including phenoxy) is 1. The Labute approximate surface area is 190 Å². The molecule has 1 N–H and O–H groups in total. The van der Waals surface area contributed by atoms with Crippen molar-refractivity contribution in [3.8, 4) is 5.75 Å². The average molecular weight is 436 g/mol. The van der Waals surface area contributed by atoms with Crippen LogP contribution in [-0.4, -0.2) is 50.0 Å². The summed E-state index contributed by atoms with van der Waals surface area (Å²) in [7, 11) is 1.60. The number of amides is 2. The quantitative estimate of drug-likeness (QED) is 0.732. The van der Waals surface area contributed by atoms with Crippen LogP contribution < -0.4 is 15.0 Å². The van der Waals surface area contributed by atoms with E-state index >= 15 is 0 Å². The van der Waals surface area contributed by atoms with Crippen molar-refractivity contribution in [1.82, 2.24) is 4.90 Å². The molecule has 6 heteroatoms. The molecular formula is C26H33N3O3. The number of nitrogens with zero attached hydrogens (tertiary/aromatic N) is 2. The van der Waals surface area contributed by atoms with Gasteiger partial charge in [0.2, 0.25) is 0 Å². The van der Waals surface area contributed by atoms with Crippen LogP contribution in [0.5, 0.6) is 5.75 Å². The fourth-order valence-corrected chi connectivity index (χ4v) is 4.52. The van der Waals surface area contributed by atoms with Crippen molar-refractivity contribution < 1.29 is 14.3 Å². The van der Waals surface area contributed by atoms with Gasteiger partial charge in [-0.05, 0) is 80.5 Å². The number of rotatable bonds is 5. The molecule has 0 atom stereocenters. The Kier molecular flexibility index (Phi) is 6.98. The number of benzene rings is 2. The van der Waals surface area contributed by atoms with Gasteiger partial charge < -0.3 is 19.9 Å². The van der Waals surface area contributed by atoms with Gasteiger partial charge in [0.1, 0.15) is 5.75 Å². The largest absolute Gasteiger partial charge is 0.497 e. The normalized spacial score (nSPS) is 17.2. The minimum absolute atomic E-state index is 0.0676. The second kappa shape index (κ2) is 10.1. The summed E-state index contributed by atoms with van der Waals surface area (Å²) in [5.74, 6) is 1.23. The predicted octanol–water partition coefficient (Wildman–Crippen LogP) is 4.81. The number of hydrogen-bond acceptors (Lipinski definition) is 4. The van der Waals surface area contributed by atoms with Crippen LogP contribution in [0.15, 0.2) is 42.5 Å². The third-order valence-corrected chi connectivity index (χ3v) is 6.60. The number of methoxy groups -OCH3 is 1. The highest BCUT2D eigenvalue weighted by atomic mass is 16.5. The molecule has 0 unspecified atom stereocenters. The van der Waals surface area contributed by atoms with E-state index in [9.17, 15) is 9.59 Å². The summed E-state index contributed by atoms with van der Waals surface area (Å²) in [5, 5.41) is 2.96. The van der Waals surface area contributed by atoms with E-state index in [0.717, 1.165) is 57.5 Å². The first kappa shape index (κ1) is 22.2. The van der Waals surface area contributed by atoms with Gasteiger partial charge in [0.25, 0.3) is 11.8 Å². The van der Waals surface area contributed by atoms with E-state index in [-0.39, 0.29) is 11.8 Å². The van der Waals surface area contributed by atoms with Crippen molar-refractivity contribution in [2.75, 3.05) is 43.5 Å². The minimum Gasteiger partial charge on any atom is -0.497 e. The fraction of sp³-hybridized carbons (Fsp3) is 0.462. The summed E-state index contributed by atoms with van der Waals surface area (Å²) >= 11 is 0. The van der Waals surface area contributed by atoms with Crippen molar-refractivity contribution in [2.45, 2.75) is 39.0 Å². The Bertz CT molecular complexity index is 943. The second-order valence-electron chi connectivity index (χ2n) is 8.94. The van der Waals surface area contributed by atoms with E-state index < -0.39 is 0 Å². The first-order valence-corrected chi connectivity index (χ1v) is 11.7. The number of piperidine rings is 2. The lowest BCUT2D eigenvalue weighted by molar-refractivity contribution is 0.0697. The number of anilines is 2. The molecule has 6 nitrogen and oxygen atoms in total. The monoisotopic (exact) mass is 435 g/mol. The van der Waals surface area contributed by atoms with Crippen LogP contribution in [0.4, 0.5) is 11.4 Å². The maximum absolute atomic E-state index is 13.5. The first-order valence-electron chi connectivity index (χ1n) is 11.7. The van der Waals surface area contributed by atoms with E-state index in [4.69, 9.17) is 4.74 Å². The molecule has 170 valence electrons. The Morgan fingerprint density at radius 1 is 0.938 bits per heavy atom. The van der Waals surface area contributed by atoms with E-state index in [2.05, 4.69) is 17.1 Å². The molecule has 2 heterocycles. The Morgan fingerprint density at radius 2 is 1.62 bits per heavy atom. The van der Waals surface area contributed by atoms with Gasteiger partial charge in [0.05, 0.1) is 12.7 Å². The Hall–Kier alpha value is -3.02. The van der Waals surface area contributed by atoms with Crippen molar-refractivity contribution in [3.63, 3.8) is 0 Å². The van der Waals surface area contributed by atoms with Crippen LogP contribution in [0.3, 0.4) is 0 Å². The van der Waals surface area contributed by atoms with Crippen molar-refractivity contribution >= 4 is 23.2 Å². The van der Waals surface area contributed by atoms with E-state index in [0.29, 0.717) is 28.5 Å². The summed E-state index contributed by atoms with van der Waals surface area (Å²) in [6, 6.07) is 12.7. The molecule has 4 rings (SSSR count). The number of carbonyl (C=O) groups excluding carboxylic acids is 2. The lowest BCUT2D eigenvalue weighted by atomic mass is 9.98. The number of hydrogen-bond donors (Lipinski definition) is 1.